The maximum atomic E-state index is 12.7. The largest absolute Gasteiger partial charge is 0.416 e. The second-order valence-electron chi connectivity index (χ2n) is 6.56. The van der Waals surface area contributed by atoms with E-state index in [9.17, 15) is 18.0 Å². The molecular formula is C20H17F3N4O2. The van der Waals surface area contributed by atoms with Gasteiger partial charge in [-0.3, -0.25) is 4.79 Å². The number of anilines is 2. The summed E-state index contributed by atoms with van der Waals surface area (Å²) >= 11 is 0. The summed E-state index contributed by atoms with van der Waals surface area (Å²) in [5, 5.41) is 3.54. The van der Waals surface area contributed by atoms with E-state index < -0.39 is 17.6 Å². The van der Waals surface area contributed by atoms with Crippen LogP contribution in [0.25, 0.3) is 10.9 Å². The first-order valence-electron chi connectivity index (χ1n) is 8.98. The number of nitrogens with zero attached hydrogens (tertiary/aromatic N) is 3. The molecule has 1 aliphatic rings. The molecule has 0 unspecified atom stereocenters. The first-order valence-corrected chi connectivity index (χ1v) is 8.98. The molecule has 1 aromatic heterocycles. The van der Waals surface area contributed by atoms with Gasteiger partial charge in [-0.05, 0) is 42.5 Å². The summed E-state index contributed by atoms with van der Waals surface area (Å²) in [4.78, 5) is 23.1. The van der Waals surface area contributed by atoms with Crippen molar-refractivity contribution < 1.29 is 22.7 Å². The molecule has 2 aromatic carbocycles. The van der Waals surface area contributed by atoms with Crippen molar-refractivity contribution in [3.8, 4) is 0 Å². The second kappa shape index (κ2) is 7.67. The average Bonchev–Trinajstić information content (AvgIpc) is 2.73. The second-order valence-corrected chi connectivity index (χ2v) is 6.56. The predicted molar refractivity (Wildman–Crippen MR) is 102 cm³/mol. The Balaban J connectivity index is 1.54. The van der Waals surface area contributed by atoms with Crippen molar-refractivity contribution in [2.75, 3.05) is 36.5 Å². The number of fused-ring (bicyclic) bond motifs is 1. The Morgan fingerprint density at radius 2 is 1.76 bits per heavy atom. The summed E-state index contributed by atoms with van der Waals surface area (Å²) in [5.74, 6) is 0.305. The lowest BCUT2D eigenvalue weighted by atomic mass is 10.1. The van der Waals surface area contributed by atoms with Gasteiger partial charge in [-0.2, -0.15) is 13.2 Å². The van der Waals surface area contributed by atoms with Crippen LogP contribution in [0.1, 0.15) is 15.9 Å². The predicted octanol–water partition coefficient (Wildman–Crippen LogP) is 3.74. The van der Waals surface area contributed by atoms with Gasteiger partial charge in [0.25, 0.3) is 5.91 Å². The van der Waals surface area contributed by atoms with Gasteiger partial charge in [-0.25, -0.2) is 9.97 Å². The van der Waals surface area contributed by atoms with E-state index in [2.05, 4.69) is 20.2 Å². The number of nitrogens with one attached hydrogen (secondary N) is 1. The molecule has 1 saturated heterocycles. The first kappa shape index (κ1) is 19.1. The van der Waals surface area contributed by atoms with Crippen molar-refractivity contribution in [3.63, 3.8) is 0 Å². The Hall–Kier alpha value is -3.20. The van der Waals surface area contributed by atoms with Crippen molar-refractivity contribution in [1.29, 1.82) is 0 Å². The maximum Gasteiger partial charge on any atom is 0.416 e. The number of halogens is 3. The molecule has 1 aliphatic heterocycles. The molecule has 1 N–H and O–H groups in total. The lowest BCUT2D eigenvalue weighted by Gasteiger charge is -2.28. The standard InChI is InChI=1S/C20H17F3N4O2/c21-20(22,23)14-3-1-13(2-4-14)19(28)26-15-5-6-16-17(11-15)24-12-25-18(16)27-7-9-29-10-8-27/h1-6,11-12H,7-10H2,(H,26,28). The third-order valence-corrected chi connectivity index (χ3v) is 4.66. The number of hydrogen-bond acceptors (Lipinski definition) is 5. The van der Waals surface area contributed by atoms with Crippen LogP contribution in [0.3, 0.4) is 0 Å². The van der Waals surface area contributed by atoms with Crippen LogP contribution in [-0.4, -0.2) is 42.2 Å². The number of morpholine rings is 1. The SMILES string of the molecule is O=C(Nc1ccc2c(N3CCOCC3)ncnc2c1)c1ccc(C(F)(F)F)cc1. The van der Waals surface area contributed by atoms with Crippen LogP contribution in [0.15, 0.2) is 48.8 Å². The highest BCUT2D eigenvalue weighted by atomic mass is 19.4. The number of carbonyl (C=O) groups excluding carboxylic acids is 1. The normalized spacial score (nSPS) is 14.8. The minimum absolute atomic E-state index is 0.134. The Morgan fingerprint density at radius 1 is 1.03 bits per heavy atom. The van der Waals surface area contributed by atoms with E-state index in [0.29, 0.717) is 24.4 Å². The molecule has 0 aliphatic carbocycles. The van der Waals surface area contributed by atoms with Gasteiger partial charge in [0.1, 0.15) is 12.1 Å². The van der Waals surface area contributed by atoms with Gasteiger partial charge in [-0.15, -0.1) is 0 Å². The third kappa shape index (κ3) is 4.14. The molecule has 2 heterocycles. The number of ether oxygens (including phenoxy) is 1. The van der Waals surface area contributed by atoms with Crippen LogP contribution in [0.5, 0.6) is 0 Å². The molecule has 4 rings (SSSR count). The molecule has 0 bridgehead atoms. The summed E-state index contributed by atoms with van der Waals surface area (Å²) in [6.07, 6.45) is -2.97. The highest BCUT2D eigenvalue weighted by molar-refractivity contribution is 6.05. The van der Waals surface area contributed by atoms with Gasteiger partial charge in [0, 0.05) is 29.7 Å². The van der Waals surface area contributed by atoms with E-state index in [-0.39, 0.29) is 5.56 Å². The minimum Gasteiger partial charge on any atom is -0.378 e. The molecule has 0 spiro atoms. The summed E-state index contributed by atoms with van der Waals surface area (Å²) in [5.41, 5.74) is 0.489. The van der Waals surface area contributed by atoms with Crippen LogP contribution in [0, 0.1) is 0 Å². The fourth-order valence-corrected chi connectivity index (χ4v) is 3.16. The number of alkyl halides is 3. The molecule has 0 saturated carbocycles. The number of rotatable bonds is 3. The fraction of sp³-hybridized carbons (Fsp3) is 0.250. The summed E-state index contributed by atoms with van der Waals surface area (Å²) in [6, 6.07) is 9.33. The molecular weight excluding hydrogens is 385 g/mol. The van der Waals surface area contributed by atoms with Crippen molar-refractivity contribution in [2.24, 2.45) is 0 Å². The van der Waals surface area contributed by atoms with Gasteiger partial charge < -0.3 is 15.0 Å². The van der Waals surface area contributed by atoms with E-state index in [4.69, 9.17) is 4.74 Å². The topological polar surface area (TPSA) is 67.4 Å². The zero-order valence-electron chi connectivity index (χ0n) is 15.2. The quantitative estimate of drug-likeness (QED) is 0.723. The van der Waals surface area contributed by atoms with Gasteiger partial charge in [0.05, 0.1) is 24.3 Å². The smallest absolute Gasteiger partial charge is 0.378 e. The van der Waals surface area contributed by atoms with Crippen LogP contribution in [0.4, 0.5) is 24.7 Å². The average molecular weight is 402 g/mol. The minimum atomic E-state index is -4.44. The Kier molecular flexibility index (Phi) is 5.06. The maximum absolute atomic E-state index is 12.7. The molecule has 9 heteroatoms. The van der Waals surface area contributed by atoms with E-state index in [1.807, 2.05) is 6.07 Å². The number of carbonyl (C=O) groups is 1. The molecule has 6 nitrogen and oxygen atoms in total. The van der Waals surface area contributed by atoms with Gasteiger partial charge in [-0.1, -0.05) is 0 Å². The molecule has 29 heavy (non-hydrogen) atoms. The van der Waals surface area contributed by atoms with Crippen molar-refractivity contribution in [3.05, 3.63) is 59.9 Å². The number of benzene rings is 2. The molecule has 150 valence electrons. The fourth-order valence-electron chi connectivity index (χ4n) is 3.16. The molecule has 1 fully saturated rings. The number of aromatic nitrogens is 2. The van der Waals surface area contributed by atoms with E-state index >= 15 is 0 Å². The molecule has 1 amide bonds. The Bertz CT molecular complexity index is 1030. The summed E-state index contributed by atoms with van der Waals surface area (Å²) in [6.45, 7) is 2.73. The number of amides is 1. The zero-order valence-corrected chi connectivity index (χ0v) is 15.2. The van der Waals surface area contributed by atoms with E-state index in [0.717, 1.165) is 48.6 Å². The molecule has 0 atom stereocenters. The monoisotopic (exact) mass is 402 g/mol. The molecule has 3 aromatic rings. The summed E-state index contributed by atoms with van der Waals surface area (Å²) < 4.78 is 43.3. The summed E-state index contributed by atoms with van der Waals surface area (Å²) in [7, 11) is 0. The number of hydrogen-bond donors (Lipinski definition) is 1. The molecule has 0 radical (unpaired) electrons. The first-order chi connectivity index (χ1) is 13.9. The van der Waals surface area contributed by atoms with Gasteiger partial charge in [0.2, 0.25) is 0 Å². The van der Waals surface area contributed by atoms with Crippen molar-refractivity contribution in [1.82, 2.24) is 9.97 Å². The van der Waals surface area contributed by atoms with Crippen molar-refractivity contribution >= 4 is 28.3 Å². The Labute approximate surface area is 164 Å². The van der Waals surface area contributed by atoms with Crippen LogP contribution in [0.2, 0.25) is 0 Å². The lowest BCUT2D eigenvalue weighted by Crippen LogP contribution is -2.36. The Morgan fingerprint density at radius 3 is 2.45 bits per heavy atom. The highest BCUT2D eigenvalue weighted by Gasteiger charge is 2.30. The van der Waals surface area contributed by atoms with E-state index in [1.54, 1.807) is 12.1 Å². The zero-order chi connectivity index (χ0) is 20.4. The third-order valence-electron chi connectivity index (χ3n) is 4.66. The lowest BCUT2D eigenvalue weighted by molar-refractivity contribution is -0.137. The highest BCUT2D eigenvalue weighted by Crippen LogP contribution is 2.29. The van der Waals surface area contributed by atoms with Gasteiger partial charge in [0.15, 0.2) is 0 Å². The van der Waals surface area contributed by atoms with Crippen LogP contribution < -0.4 is 10.2 Å². The van der Waals surface area contributed by atoms with E-state index in [1.165, 1.54) is 6.33 Å². The van der Waals surface area contributed by atoms with Crippen LogP contribution in [-0.2, 0) is 10.9 Å². The van der Waals surface area contributed by atoms with Crippen molar-refractivity contribution in [2.45, 2.75) is 6.18 Å². The van der Waals surface area contributed by atoms with Gasteiger partial charge >= 0.3 is 6.18 Å². The van der Waals surface area contributed by atoms with Crippen LogP contribution >= 0.6 is 0 Å².